The van der Waals surface area contributed by atoms with Crippen molar-refractivity contribution in [3.05, 3.63) is 57.6 Å². The molecule has 26 heavy (non-hydrogen) atoms. The fourth-order valence-corrected chi connectivity index (χ4v) is 4.09. The van der Waals surface area contributed by atoms with Crippen LogP contribution in [0.3, 0.4) is 0 Å². The summed E-state index contributed by atoms with van der Waals surface area (Å²) in [5.74, 6) is -0.249. The number of halogens is 1. The lowest BCUT2D eigenvalue weighted by atomic mass is 9.78. The van der Waals surface area contributed by atoms with Gasteiger partial charge in [-0.3, -0.25) is 14.5 Å². The summed E-state index contributed by atoms with van der Waals surface area (Å²) in [6, 6.07) is 4.92. The van der Waals surface area contributed by atoms with E-state index in [9.17, 15) is 9.59 Å². The Morgan fingerprint density at radius 2 is 2.00 bits per heavy atom. The van der Waals surface area contributed by atoms with Crippen LogP contribution in [0.1, 0.15) is 27.1 Å². The molecule has 2 aliphatic carbocycles. The smallest absolute Gasteiger partial charge is 0.195 e. The lowest BCUT2D eigenvalue weighted by Crippen LogP contribution is -2.44. The molecule has 136 valence electrons. The number of hydrogen-bond acceptors (Lipinski definition) is 5. The minimum Gasteiger partial charge on any atom is -0.379 e. The average molecular weight is 373 g/mol. The monoisotopic (exact) mass is 372 g/mol. The quantitative estimate of drug-likeness (QED) is 0.878. The fraction of sp³-hybridized carbons (Fsp3) is 0.400. The molecule has 3 aliphatic rings. The molecule has 6 heteroatoms. The normalized spacial score (nSPS) is 23.2. The number of allylic oxidation sites excluding steroid dienone is 2. The Morgan fingerprint density at radius 3 is 2.81 bits per heavy atom. The number of fused-ring (bicyclic) bond motifs is 1. The van der Waals surface area contributed by atoms with Crippen LogP contribution in [0, 0.1) is 0 Å². The van der Waals surface area contributed by atoms with Crippen molar-refractivity contribution in [2.24, 2.45) is 0 Å². The van der Waals surface area contributed by atoms with Crippen molar-refractivity contribution in [2.45, 2.75) is 12.5 Å². The van der Waals surface area contributed by atoms with Crippen molar-refractivity contribution in [3.8, 4) is 0 Å². The largest absolute Gasteiger partial charge is 0.379 e. The van der Waals surface area contributed by atoms with Gasteiger partial charge in [-0.1, -0.05) is 35.9 Å². The van der Waals surface area contributed by atoms with Crippen molar-refractivity contribution in [2.75, 3.05) is 39.4 Å². The first-order chi connectivity index (χ1) is 12.7. The fourth-order valence-electron chi connectivity index (χ4n) is 3.83. The summed E-state index contributed by atoms with van der Waals surface area (Å²) in [6.45, 7) is 5.07. The Bertz CT molecular complexity index is 809. The second kappa shape index (κ2) is 7.45. The van der Waals surface area contributed by atoms with Gasteiger partial charge in [-0.05, 0) is 12.5 Å². The highest BCUT2D eigenvalue weighted by Gasteiger charge is 2.37. The Kier molecular flexibility index (Phi) is 5.05. The zero-order valence-electron chi connectivity index (χ0n) is 14.5. The molecule has 0 radical (unpaired) electrons. The lowest BCUT2D eigenvalue weighted by Gasteiger charge is -2.31. The highest BCUT2D eigenvalue weighted by atomic mass is 35.5. The molecular formula is C20H21ClN2O3. The number of rotatable bonds is 4. The third kappa shape index (κ3) is 3.16. The first-order valence-electron chi connectivity index (χ1n) is 8.99. The Morgan fingerprint density at radius 1 is 1.19 bits per heavy atom. The van der Waals surface area contributed by atoms with E-state index in [2.05, 4.69) is 10.2 Å². The third-order valence-electron chi connectivity index (χ3n) is 5.19. The molecule has 1 saturated heterocycles. The van der Waals surface area contributed by atoms with E-state index in [1.54, 1.807) is 24.3 Å². The van der Waals surface area contributed by atoms with Gasteiger partial charge in [0.15, 0.2) is 11.6 Å². The number of carbonyl (C=O) groups excluding carboxylic acids is 2. The van der Waals surface area contributed by atoms with Gasteiger partial charge in [0.05, 0.1) is 23.8 Å². The number of ketones is 2. The minimum atomic E-state index is -0.156. The molecule has 1 aliphatic heterocycles. The standard InChI is InChI=1S/C20H21ClN2O3/c21-15-5-1-3-13-17(15)19(24)14-4-2-6-16(18(14)20(13)25)22-7-8-23-9-11-26-12-10-23/h1-5,16,22H,6-12H2. The van der Waals surface area contributed by atoms with E-state index in [1.807, 2.05) is 6.08 Å². The summed E-state index contributed by atoms with van der Waals surface area (Å²) in [5, 5.41) is 3.80. The summed E-state index contributed by atoms with van der Waals surface area (Å²) in [5.41, 5.74) is 1.80. The average Bonchev–Trinajstić information content (AvgIpc) is 2.67. The number of nitrogens with zero attached hydrogens (tertiary/aromatic N) is 1. The summed E-state index contributed by atoms with van der Waals surface area (Å²) in [4.78, 5) is 28.3. The molecule has 0 amide bonds. The van der Waals surface area contributed by atoms with Crippen molar-refractivity contribution < 1.29 is 14.3 Å². The van der Waals surface area contributed by atoms with Gasteiger partial charge in [-0.15, -0.1) is 0 Å². The van der Waals surface area contributed by atoms with E-state index in [4.69, 9.17) is 16.3 Å². The summed E-state index contributed by atoms with van der Waals surface area (Å²) >= 11 is 6.19. The Hall–Kier alpha value is -1.79. The van der Waals surface area contributed by atoms with Crippen LogP contribution in [0.15, 0.2) is 41.5 Å². The predicted molar refractivity (Wildman–Crippen MR) is 99.9 cm³/mol. The van der Waals surface area contributed by atoms with Crippen molar-refractivity contribution >= 4 is 23.2 Å². The van der Waals surface area contributed by atoms with E-state index >= 15 is 0 Å². The molecule has 0 spiro atoms. The second-order valence-corrected chi connectivity index (χ2v) is 7.15. The maximum Gasteiger partial charge on any atom is 0.195 e. The van der Waals surface area contributed by atoms with Crippen LogP contribution in [0.4, 0.5) is 0 Å². The van der Waals surface area contributed by atoms with E-state index in [0.717, 1.165) is 39.4 Å². The summed E-state index contributed by atoms with van der Waals surface area (Å²) in [6.07, 6.45) is 4.43. The molecule has 0 saturated carbocycles. The SMILES string of the molecule is O=C1C2=C(C=CCC2NCCN2CCOCC2)C(=O)c2c(Cl)cccc21. The van der Waals surface area contributed by atoms with Crippen LogP contribution in [-0.2, 0) is 4.74 Å². The summed E-state index contributed by atoms with van der Waals surface area (Å²) < 4.78 is 5.36. The number of Topliss-reactive ketones (excluding diaryl/α,β-unsaturated/α-hetero) is 2. The molecule has 1 unspecified atom stereocenters. The molecular weight excluding hydrogens is 352 g/mol. The predicted octanol–water partition coefficient (Wildman–Crippen LogP) is 2.27. The van der Waals surface area contributed by atoms with Crippen LogP contribution in [0.25, 0.3) is 0 Å². The van der Waals surface area contributed by atoms with E-state index in [0.29, 0.717) is 33.7 Å². The molecule has 0 bridgehead atoms. The molecule has 4 rings (SSSR count). The van der Waals surface area contributed by atoms with Gasteiger partial charge in [-0.2, -0.15) is 0 Å². The number of hydrogen-bond donors (Lipinski definition) is 1. The summed E-state index contributed by atoms with van der Waals surface area (Å²) in [7, 11) is 0. The molecule has 1 heterocycles. The molecule has 1 fully saturated rings. The second-order valence-electron chi connectivity index (χ2n) is 6.75. The van der Waals surface area contributed by atoms with Gasteiger partial charge in [-0.25, -0.2) is 0 Å². The maximum absolute atomic E-state index is 13.1. The Labute approximate surface area is 157 Å². The van der Waals surface area contributed by atoms with Crippen LogP contribution in [-0.4, -0.2) is 61.9 Å². The van der Waals surface area contributed by atoms with Crippen molar-refractivity contribution in [3.63, 3.8) is 0 Å². The zero-order chi connectivity index (χ0) is 18.1. The molecule has 1 aromatic rings. The van der Waals surface area contributed by atoms with Crippen LogP contribution < -0.4 is 5.32 Å². The third-order valence-corrected chi connectivity index (χ3v) is 5.51. The van der Waals surface area contributed by atoms with Gasteiger partial charge in [0.1, 0.15) is 0 Å². The number of benzene rings is 1. The molecule has 1 atom stereocenters. The van der Waals surface area contributed by atoms with Gasteiger partial charge in [0.2, 0.25) is 0 Å². The topological polar surface area (TPSA) is 58.6 Å². The number of nitrogens with one attached hydrogen (secondary N) is 1. The van der Waals surface area contributed by atoms with Gasteiger partial charge < -0.3 is 10.1 Å². The van der Waals surface area contributed by atoms with Crippen molar-refractivity contribution in [1.29, 1.82) is 0 Å². The molecule has 0 aromatic heterocycles. The van der Waals surface area contributed by atoms with Gasteiger partial charge >= 0.3 is 0 Å². The minimum absolute atomic E-state index is 0.0923. The van der Waals surface area contributed by atoms with Crippen molar-refractivity contribution in [1.82, 2.24) is 10.2 Å². The lowest BCUT2D eigenvalue weighted by molar-refractivity contribution is 0.0382. The van der Waals surface area contributed by atoms with Crippen LogP contribution >= 0.6 is 11.6 Å². The highest BCUT2D eigenvalue weighted by Crippen LogP contribution is 2.35. The zero-order valence-corrected chi connectivity index (χ0v) is 15.2. The van der Waals surface area contributed by atoms with E-state index in [1.165, 1.54) is 0 Å². The van der Waals surface area contributed by atoms with E-state index in [-0.39, 0.29) is 17.6 Å². The highest BCUT2D eigenvalue weighted by molar-refractivity contribution is 6.39. The first-order valence-corrected chi connectivity index (χ1v) is 9.36. The van der Waals surface area contributed by atoms with Gasteiger partial charge in [0, 0.05) is 48.9 Å². The number of carbonyl (C=O) groups is 2. The van der Waals surface area contributed by atoms with Crippen LogP contribution in [0.5, 0.6) is 0 Å². The van der Waals surface area contributed by atoms with Gasteiger partial charge in [0.25, 0.3) is 0 Å². The molecule has 5 nitrogen and oxygen atoms in total. The van der Waals surface area contributed by atoms with E-state index < -0.39 is 0 Å². The number of morpholine rings is 1. The molecule has 1 aromatic carbocycles. The first kappa shape index (κ1) is 17.6. The van der Waals surface area contributed by atoms with Crippen LogP contribution in [0.2, 0.25) is 5.02 Å². The molecule has 1 N–H and O–H groups in total. The number of ether oxygens (including phenoxy) is 1. The Balaban J connectivity index is 1.53. The maximum atomic E-state index is 13.1.